The molecule has 0 spiro atoms. The van der Waals surface area contributed by atoms with Gasteiger partial charge in [0.15, 0.2) is 5.78 Å². The fourth-order valence-corrected chi connectivity index (χ4v) is 2.43. The summed E-state index contributed by atoms with van der Waals surface area (Å²) in [7, 11) is 0. The first-order valence-corrected chi connectivity index (χ1v) is 6.41. The van der Waals surface area contributed by atoms with Gasteiger partial charge in [-0.1, -0.05) is 36.4 Å². The highest BCUT2D eigenvalue weighted by molar-refractivity contribution is 7.12. The Morgan fingerprint density at radius 3 is 2.39 bits per heavy atom. The van der Waals surface area contributed by atoms with E-state index in [0.29, 0.717) is 10.4 Å². The molecule has 92 valence electrons. The minimum Gasteiger partial charge on any atom is -0.481 e. The number of carboxylic acids is 1. The first-order valence-electron chi connectivity index (χ1n) is 5.53. The third-order valence-electron chi connectivity index (χ3n) is 2.69. The molecule has 0 amide bonds. The van der Waals surface area contributed by atoms with E-state index in [4.69, 9.17) is 0 Å². The molecule has 0 unspecified atom stereocenters. The maximum absolute atomic E-state index is 11.9. The molecular formula is C14H12O3S. The molecule has 4 heteroatoms. The first-order chi connectivity index (χ1) is 8.68. The summed E-state index contributed by atoms with van der Waals surface area (Å²) in [6, 6.07) is 12.4. The monoisotopic (exact) mass is 260 g/mol. The molecule has 1 atom stereocenters. The minimum atomic E-state index is -0.967. The van der Waals surface area contributed by atoms with E-state index in [1.165, 1.54) is 11.3 Å². The lowest BCUT2D eigenvalue weighted by Crippen LogP contribution is -2.15. The van der Waals surface area contributed by atoms with Crippen molar-refractivity contribution in [1.29, 1.82) is 0 Å². The van der Waals surface area contributed by atoms with E-state index >= 15 is 0 Å². The molecule has 1 aromatic heterocycles. The van der Waals surface area contributed by atoms with E-state index in [1.807, 2.05) is 11.4 Å². The quantitative estimate of drug-likeness (QED) is 0.840. The van der Waals surface area contributed by atoms with Crippen molar-refractivity contribution in [3.63, 3.8) is 0 Å². The smallest absolute Gasteiger partial charge is 0.311 e. The zero-order chi connectivity index (χ0) is 13.0. The summed E-state index contributed by atoms with van der Waals surface area (Å²) in [5, 5.41) is 11.0. The Balaban J connectivity index is 2.18. The fourth-order valence-electron chi connectivity index (χ4n) is 1.76. The number of hydrogen-bond donors (Lipinski definition) is 1. The van der Waals surface area contributed by atoms with Crippen LogP contribution in [0.4, 0.5) is 0 Å². The average molecular weight is 260 g/mol. The van der Waals surface area contributed by atoms with Gasteiger partial charge in [-0.25, -0.2) is 0 Å². The minimum absolute atomic E-state index is 0.000139. The molecule has 18 heavy (non-hydrogen) atoms. The lowest BCUT2D eigenvalue weighted by molar-refractivity contribution is -0.138. The predicted octanol–water partition coefficient (Wildman–Crippen LogP) is 3.19. The van der Waals surface area contributed by atoms with Gasteiger partial charge in [0.1, 0.15) is 0 Å². The summed E-state index contributed by atoms with van der Waals surface area (Å²) in [6.45, 7) is 0. The maximum atomic E-state index is 11.9. The molecule has 0 saturated carbocycles. The molecule has 0 aliphatic rings. The summed E-state index contributed by atoms with van der Waals surface area (Å²) in [6.07, 6.45) is -0.000139. The predicted molar refractivity (Wildman–Crippen MR) is 70.1 cm³/mol. The van der Waals surface area contributed by atoms with Crippen molar-refractivity contribution in [2.45, 2.75) is 12.3 Å². The van der Waals surface area contributed by atoms with Crippen LogP contribution in [0.3, 0.4) is 0 Å². The molecule has 0 saturated heterocycles. The van der Waals surface area contributed by atoms with Crippen LogP contribution in [0.2, 0.25) is 0 Å². The maximum Gasteiger partial charge on any atom is 0.311 e. The Hall–Kier alpha value is -1.94. The normalized spacial score (nSPS) is 12.0. The van der Waals surface area contributed by atoms with Gasteiger partial charge in [0.25, 0.3) is 0 Å². The van der Waals surface area contributed by atoms with Gasteiger partial charge in [-0.3, -0.25) is 9.59 Å². The number of thiophene rings is 1. The average Bonchev–Trinajstić information content (AvgIpc) is 2.90. The van der Waals surface area contributed by atoms with Gasteiger partial charge in [0, 0.05) is 6.42 Å². The molecule has 0 fully saturated rings. The fraction of sp³-hybridized carbons (Fsp3) is 0.143. The van der Waals surface area contributed by atoms with Crippen LogP contribution in [0.1, 0.15) is 27.6 Å². The molecule has 0 radical (unpaired) electrons. The second kappa shape index (κ2) is 5.60. The van der Waals surface area contributed by atoms with Crippen LogP contribution in [0, 0.1) is 0 Å². The summed E-state index contributed by atoms with van der Waals surface area (Å²) in [5.74, 6) is -1.87. The first kappa shape index (κ1) is 12.5. The third-order valence-corrected chi connectivity index (χ3v) is 3.60. The number of rotatable bonds is 5. The van der Waals surface area contributed by atoms with Crippen molar-refractivity contribution < 1.29 is 14.7 Å². The highest BCUT2D eigenvalue weighted by Gasteiger charge is 2.23. The Morgan fingerprint density at radius 2 is 1.83 bits per heavy atom. The van der Waals surface area contributed by atoms with Crippen LogP contribution in [-0.4, -0.2) is 16.9 Å². The van der Waals surface area contributed by atoms with E-state index < -0.39 is 11.9 Å². The number of ketones is 1. The number of benzene rings is 1. The molecule has 0 bridgehead atoms. The molecule has 1 heterocycles. The van der Waals surface area contributed by atoms with E-state index in [-0.39, 0.29) is 12.2 Å². The largest absolute Gasteiger partial charge is 0.481 e. The number of carboxylic acid groups (broad SMARTS) is 1. The lowest BCUT2D eigenvalue weighted by atomic mass is 9.93. The van der Waals surface area contributed by atoms with Gasteiger partial charge in [-0.2, -0.15) is 0 Å². The highest BCUT2D eigenvalue weighted by Crippen LogP contribution is 2.23. The molecule has 0 aliphatic carbocycles. The summed E-state index contributed by atoms with van der Waals surface area (Å²) < 4.78 is 0. The number of carbonyl (C=O) groups is 2. The molecule has 0 aliphatic heterocycles. The van der Waals surface area contributed by atoms with E-state index in [9.17, 15) is 14.7 Å². The zero-order valence-corrected chi connectivity index (χ0v) is 10.4. The zero-order valence-electron chi connectivity index (χ0n) is 9.58. The number of hydrogen-bond acceptors (Lipinski definition) is 3. The van der Waals surface area contributed by atoms with Crippen molar-refractivity contribution in [2.24, 2.45) is 0 Å². The van der Waals surface area contributed by atoms with Gasteiger partial charge in [-0.05, 0) is 17.0 Å². The topological polar surface area (TPSA) is 54.4 Å². The molecule has 2 rings (SSSR count). The molecule has 3 nitrogen and oxygen atoms in total. The van der Waals surface area contributed by atoms with Crippen LogP contribution in [0.25, 0.3) is 0 Å². The van der Waals surface area contributed by atoms with Gasteiger partial charge in [-0.15, -0.1) is 11.3 Å². The van der Waals surface area contributed by atoms with Gasteiger partial charge < -0.3 is 5.11 Å². The second-order valence-corrected chi connectivity index (χ2v) is 4.85. The van der Waals surface area contributed by atoms with Crippen molar-refractivity contribution in [3.8, 4) is 0 Å². The van der Waals surface area contributed by atoms with Gasteiger partial charge >= 0.3 is 5.97 Å². The van der Waals surface area contributed by atoms with Crippen LogP contribution in [0.15, 0.2) is 47.8 Å². The van der Waals surface area contributed by atoms with Crippen LogP contribution >= 0.6 is 11.3 Å². The summed E-state index contributed by atoms with van der Waals surface area (Å²) in [4.78, 5) is 23.8. The molecule has 1 aromatic carbocycles. The molecule has 2 aromatic rings. The van der Waals surface area contributed by atoms with E-state index in [2.05, 4.69) is 0 Å². The Labute approximate surface area is 109 Å². The highest BCUT2D eigenvalue weighted by atomic mass is 32.1. The Morgan fingerprint density at radius 1 is 1.11 bits per heavy atom. The van der Waals surface area contributed by atoms with E-state index in [1.54, 1.807) is 36.4 Å². The Bertz CT molecular complexity index is 531. The third kappa shape index (κ3) is 2.84. The standard InChI is InChI=1S/C14H12O3S/c15-12(13-7-4-8-18-13)9-11(14(16)17)10-5-2-1-3-6-10/h1-8,11H,9H2,(H,16,17)/t11-/m0/s1. The summed E-state index contributed by atoms with van der Waals surface area (Å²) >= 11 is 1.34. The van der Waals surface area contributed by atoms with Crippen molar-refractivity contribution in [3.05, 3.63) is 58.3 Å². The number of aliphatic carboxylic acids is 1. The van der Waals surface area contributed by atoms with Crippen molar-refractivity contribution >= 4 is 23.1 Å². The van der Waals surface area contributed by atoms with E-state index in [0.717, 1.165) is 0 Å². The van der Waals surface area contributed by atoms with Gasteiger partial charge in [0.2, 0.25) is 0 Å². The lowest BCUT2D eigenvalue weighted by Gasteiger charge is -2.11. The number of carbonyl (C=O) groups excluding carboxylic acids is 1. The van der Waals surface area contributed by atoms with Crippen molar-refractivity contribution in [2.75, 3.05) is 0 Å². The van der Waals surface area contributed by atoms with Crippen molar-refractivity contribution in [1.82, 2.24) is 0 Å². The van der Waals surface area contributed by atoms with Crippen LogP contribution < -0.4 is 0 Å². The Kier molecular flexibility index (Phi) is 3.89. The second-order valence-electron chi connectivity index (χ2n) is 3.91. The number of Topliss-reactive ketones (excluding diaryl/α,β-unsaturated/α-hetero) is 1. The molecular weight excluding hydrogens is 248 g/mol. The summed E-state index contributed by atoms with van der Waals surface area (Å²) in [5.41, 5.74) is 0.662. The van der Waals surface area contributed by atoms with Gasteiger partial charge in [0.05, 0.1) is 10.8 Å². The molecule has 1 N–H and O–H groups in total. The van der Waals surface area contributed by atoms with Crippen LogP contribution in [-0.2, 0) is 4.79 Å². The van der Waals surface area contributed by atoms with Crippen LogP contribution in [0.5, 0.6) is 0 Å². The SMILES string of the molecule is O=C(C[C@H](C(=O)O)c1ccccc1)c1cccs1.